The number of hydrogen-bond donors (Lipinski definition) is 1. The molecule has 0 bridgehead atoms. The van der Waals surface area contributed by atoms with Crippen molar-refractivity contribution in [3.63, 3.8) is 0 Å². The lowest BCUT2D eigenvalue weighted by atomic mass is 9.65. The molecular weight excluding hydrogens is 357 g/mol. The highest BCUT2D eigenvalue weighted by Gasteiger charge is 2.34. The number of aryl methyl sites for hydroxylation is 1. The van der Waals surface area contributed by atoms with E-state index in [0.717, 1.165) is 35.2 Å². The zero-order valence-corrected chi connectivity index (χ0v) is 18.0. The third-order valence-corrected chi connectivity index (χ3v) is 5.88. The number of hydrogen-bond acceptors (Lipinski definition) is 1. The standard InChI is InChI=1S/C27H34FN/c1-6-10-22(11-7-2)26-17-16-25(26)21(8-3)18-23(20(5)29)14-15-24-19(4)12-9-13-27(24)28/h6-13,18,25-26H,1,3,14-17,29H2,2,4-5H3/b11-7-,21-18+,22-10+,23-20+. The SMILES string of the molecule is C=C/C=C(\C=C/C)C1CCC1/C(C=C)=C/C(CCc1c(C)cccc1F)=C(\C)N. The fourth-order valence-corrected chi connectivity index (χ4v) is 4.07. The summed E-state index contributed by atoms with van der Waals surface area (Å²) in [4.78, 5) is 0. The lowest BCUT2D eigenvalue weighted by molar-refractivity contribution is 0.264. The van der Waals surface area contributed by atoms with E-state index in [1.165, 1.54) is 17.2 Å². The molecule has 2 unspecified atom stereocenters. The Kier molecular flexibility index (Phi) is 8.45. The molecule has 1 saturated carbocycles. The second kappa shape index (κ2) is 10.8. The van der Waals surface area contributed by atoms with Crippen molar-refractivity contribution in [3.8, 4) is 0 Å². The quantitative estimate of drug-likeness (QED) is 0.445. The first-order chi connectivity index (χ1) is 13.9. The smallest absolute Gasteiger partial charge is 0.126 e. The second-order valence-electron chi connectivity index (χ2n) is 7.78. The monoisotopic (exact) mass is 391 g/mol. The van der Waals surface area contributed by atoms with Crippen LogP contribution in [0, 0.1) is 24.6 Å². The minimum Gasteiger partial charge on any atom is -0.402 e. The average molecular weight is 392 g/mol. The molecule has 2 rings (SSSR count). The van der Waals surface area contributed by atoms with Gasteiger partial charge in [0.05, 0.1) is 0 Å². The molecule has 2 N–H and O–H groups in total. The third kappa shape index (κ3) is 5.69. The lowest BCUT2D eigenvalue weighted by Crippen LogP contribution is -2.28. The van der Waals surface area contributed by atoms with Gasteiger partial charge in [0.1, 0.15) is 5.82 Å². The molecule has 0 spiro atoms. The topological polar surface area (TPSA) is 26.0 Å². The van der Waals surface area contributed by atoms with Gasteiger partial charge in [-0.3, -0.25) is 0 Å². The number of halogens is 1. The Morgan fingerprint density at radius 3 is 2.41 bits per heavy atom. The molecule has 1 aliphatic carbocycles. The van der Waals surface area contributed by atoms with E-state index in [1.807, 2.05) is 39.0 Å². The molecule has 0 aromatic heterocycles. The molecule has 1 aromatic carbocycles. The Morgan fingerprint density at radius 1 is 1.21 bits per heavy atom. The van der Waals surface area contributed by atoms with Crippen molar-refractivity contribution in [2.24, 2.45) is 17.6 Å². The maximum atomic E-state index is 14.2. The van der Waals surface area contributed by atoms with E-state index >= 15 is 0 Å². The van der Waals surface area contributed by atoms with Crippen LogP contribution in [0.3, 0.4) is 0 Å². The van der Waals surface area contributed by atoms with Gasteiger partial charge in [-0.2, -0.15) is 0 Å². The molecule has 29 heavy (non-hydrogen) atoms. The van der Waals surface area contributed by atoms with E-state index in [2.05, 4.69) is 37.5 Å². The van der Waals surface area contributed by atoms with Gasteiger partial charge in [0.2, 0.25) is 0 Å². The van der Waals surface area contributed by atoms with Crippen LogP contribution in [0.5, 0.6) is 0 Å². The summed E-state index contributed by atoms with van der Waals surface area (Å²) < 4.78 is 14.2. The van der Waals surface area contributed by atoms with E-state index < -0.39 is 0 Å². The minimum absolute atomic E-state index is 0.142. The molecule has 1 nitrogen and oxygen atoms in total. The maximum Gasteiger partial charge on any atom is 0.126 e. The molecule has 0 saturated heterocycles. The van der Waals surface area contributed by atoms with Gasteiger partial charge in [0, 0.05) is 5.70 Å². The predicted octanol–water partition coefficient (Wildman–Crippen LogP) is 7.13. The molecule has 1 aliphatic rings. The van der Waals surface area contributed by atoms with Crippen molar-refractivity contribution in [1.82, 2.24) is 0 Å². The van der Waals surface area contributed by atoms with Gasteiger partial charge in [-0.1, -0.05) is 61.7 Å². The number of allylic oxidation sites excluding steroid dienone is 10. The first kappa shape index (κ1) is 22.7. The maximum absolute atomic E-state index is 14.2. The summed E-state index contributed by atoms with van der Waals surface area (Å²) in [5.41, 5.74) is 12.3. The zero-order chi connectivity index (χ0) is 21.4. The van der Waals surface area contributed by atoms with E-state index in [0.29, 0.717) is 24.7 Å². The van der Waals surface area contributed by atoms with Crippen molar-refractivity contribution in [1.29, 1.82) is 0 Å². The first-order valence-corrected chi connectivity index (χ1v) is 10.4. The van der Waals surface area contributed by atoms with Crippen molar-refractivity contribution in [3.05, 3.63) is 107 Å². The van der Waals surface area contributed by atoms with Crippen LogP contribution in [0.25, 0.3) is 0 Å². The Labute approximate surface area is 175 Å². The highest BCUT2D eigenvalue weighted by atomic mass is 19.1. The summed E-state index contributed by atoms with van der Waals surface area (Å²) in [6, 6.07) is 5.24. The number of benzene rings is 1. The molecule has 154 valence electrons. The summed E-state index contributed by atoms with van der Waals surface area (Å²) in [6.07, 6.45) is 16.0. The Bertz CT molecular complexity index is 842. The Hall–Kier alpha value is -2.61. The van der Waals surface area contributed by atoms with Crippen LogP contribution in [-0.4, -0.2) is 0 Å². The summed E-state index contributed by atoms with van der Waals surface area (Å²) >= 11 is 0. The molecule has 2 atom stereocenters. The van der Waals surface area contributed by atoms with Crippen LogP contribution in [0.2, 0.25) is 0 Å². The van der Waals surface area contributed by atoms with Gasteiger partial charge in [0.25, 0.3) is 0 Å². The van der Waals surface area contributed by atoms with E-state index in [-0.39, 0.29) is 5.82 Å². The normalized spacial score (nSPS) is 21.0. The van der Waals surface area contributed by atoms with Gasteiger partial charge in [-0.05, 0) is 92.2 Å². The summed E-state index contributed by atoms with van der Waals surface area (Å²) in [5.74, 6) is 0.762. The molecule has 0 radical (unpaired) electrons. The average Bonchev–Trinajstić information content (AvgIpc) is 2.65. The molecule has 0 aliphatic heterocycles. The molecule has 2 heteroatoms. The van der Waals surface area contributed by atoms with E-state index in [9.17, 15) is 4.39 Å². The predicted molar refractivity (Wildman–Crippen MR) is 124 cm³/mol. The fraction of sp³-hybridized carbons (Fsp3) is 0.333. The molecule has 0 heterocycles. The number of rotatable bonds is 9. The number of nitrogens with two attached hydrogens (primary N) is 1. The van der Waals surface area contributed by atoms with Gasteiger partial charge in [0.15, 0.2) is 0 Å². The molecule has 1 aromatic rings. The zero-order valence-electron chi connectivity index (χ0n) is 18.0. The Balaban J connectivity index is 2.24. The largest absolute Gasteiger partial charge is 0.402 e. The molecule has 0 amide bonds. The summed E-state index contributed by atoms with van der Waals surface area (Å²) in [5, 5.41) is 0. The van der Waals surface area contributed by atoms with Crippen LogP contribution in [0.4, 0.5) is 4.39 Å². The summed E-state index contributed by atoms with van der Waals surface area (Å²) in [6.45, 7) is 13.8. The molecule has 1 fully saturated rings. The third-order valence-electron chi connectivity index (χ3n) is 5.88. The van der Waals surface area contributed by atoms with Crippen LogP contribution in [0.15, 0.2) is 90.2 Å². The molecular formula is C27H34FN. The van der Waals surface area contributed by atoms with Gasteiger partial charge < -0.3 is 5.73 Å². The van der Waals surface area contributed by atoms with Crippen LogP contribution < -0.4 is 5.73 Å². The first-order valence-electron chi connectivity index (χ1n) is 10.4. The van der Waals surface area contributed by atoms with Crippen molar-refractivity contribution < 1.29 is 4.39 Å². The van der Waals surface area contributed by atoms with Crippen LogP contribution in [-0.2, 0) is 6.42 Å². The van der Waals surface area contributed by atoms with Crippen molar-refractivity contribution in [2.75, 3.05) is 0 Å². The van der Waals surface area contributed by atoms with Gasteiger partial charge in [-0.25, -0.2) is 4.39 Å². The summed E-state index contributed by atoms with van der Waals surface area (Å²) in [7, 11) is 0. The lowest BCUT2D eigenvalue weighted by Gasteiger charge is -2.39. The van der Waals surface area contributed by atoms with Crippen LogP contribution in [0.1, 0.15) is 44.2 Å². The Morgan fingerprint density at radius 2 is 1.90 bits per heavy atom. The minimum atomic E-state index is -0.142. The van der Waals surface area contributed by atoms with E-state index in [1.54, 1.807) is 6.07 Å². The van der Waals surface area contributed by atoms with Crippen molar-refractivity contribution in [2.45, 2.75) is 46.5 Å². The van der Waals surface area contributed by atoms with Gasteiger partial charge >= 0.3 is 0 Å². The highest BCUT2D eigenvalue weighted by Crippen LogP contribution is 2.45. The highest BCUT2D eigenvalue weighted by molar-refractivity contribution is 5.39. The van der Waals surface area contributed by atoms with Crippen molar-refractivity contribution >= 4 is 0 Å². The second-order valence-corrected chi connectivity index (χ2v) is 7.78. The van der Waals surface area contributed by atoms with Gasteiger partial charge in [-0.15, -0.1) is 0 Å². The van der Waals surface area contributed by atoms with E-state index in [4.69, 9.17) is 5.73 Å². The fourth-order valence-electron chi connectivity index (χ4n) is 4.07. The van der Waals surface area contributed by atoms with Crippen LogP contribution >= 0.6 is 0 Å².